The van der Waals surface area contributed by atoms with Gasteiger partial charge in [-0.3, -0.25) is 9.69 Å². The van der Waals surface area contributed by atoms with Gasteiger partial charge in [-0.25, -0.2) is 0 Å². The summed E-state index contributed by atoms with van der Waals surface area (Å²) in [7, 11) is 1.79. The molecule has 0 aliphatic heterocycles. The lowest BCUT2D eigenvalue weighted by molar-refractivity contribution is 0.172. The maximum absolute atomic E-state index is 11.8. The van der Waals surface area contributed by atoms with Crippen LogP contribution in [0.1, 0.15) is 30.9 Å². The molecular weight excluding hydrogens is 272 g/mol. The van der Waals surface area contributed by atoms with Crippen molar-refractivity contribution in [3.05, 3.63) is 70.1 Å². The SMILES string of the molecule is CC(C1CC1)N(Cc1ccccc1)Cc1ccn(C)c(=O)c1. The van der Waals surface area contributed by atoms with Gasteiger partial charge in [0.15, 0.2) is 0 Å². The summed E-state index contributed by atoms with van der Waals surface area (Å²) in [5, 5.41) is 0. The highest BCUT2D eigenvalue weighted by Crippen LogP contribution is 2.36. The van der Waals surface area contributed by atoms with E-state index in [4.69, 9.17) is 0 Å². The van der Waals surface area contributed by atoms with Crippen LogP contribution in [0.5, 0.6) is 0 Å². The Morgan fingerprint density at radius 1 is 1.14 bits per heavy atom. The number of hydrogen-bond donors (Lipinski definition) is 0. The molecule has 0 bridgehead atoms. The van der Waals surface area contributed by atoms with Gasteiger partial charge in [0.1, 0.15) is 0 Å². The monoisotopic (exact) mass is 296 g/mol. The maximum atomic E-state index is 11.8. The average Bonchev–Trinajstić information content (AvgIpc) is 3.35. The van der Waals surface area contributed by atoms with Crippen molar-refractivity contribution >= 4 is 0 Å². The Balaban J connectivity index is 1.78. The minimum Gasteiger partial charge on any atom is -0.319 e. The quantitative estimate of drug-likeness (QED) is 0.818. The topological polar surface area (TPSA) is 25.2 Å². The van der Waals surface area contributed by atoms with Gasteiger partial charge in [0.05, 0.1) is 0 Å². The van der Waals surface area contributed by atoms with Crippen molar-refractivity contribution in [1.29, 1.82) is 0 Å². The van der Waals surface area contributed by atoms with Crippen LogP contribution in [0.2, 0.25) is 0 Å². The normalized spacial score (nSPS) is 16.0. The molecule has 1 saturated carbocycles. The Hall–Kier alpha value is -1.87. The van der Waals surface area contributed by atoms with Crippen molar-refractivity contribution in [2.75, 3.05) is 0 Å². The molecule has 3 nitrogen and oxygen atoms in total. The lowest BCUT2D eigenvalue weighted by Gasteiger charge is -2.29. The second kappa shape index (κ2) is 6.49. The lowest BCUT2D eigenvalue weighted by Crippen LogP contribution is -2.34. The van der Waals surface area contributed by atoms with Gasteiger partial charge in [-0.05, 0) is 42.9 Å². The number of benzene rings is 1. The van der Waals surface area contributed by atoms with Crippen LogP contribution >= 0.6 is 0 Å². The minimum atomic E-state index is 0.0660. The number of pyridine rings is 1. The van der Waals surface area contributed by atoms with E-state index >= 15 is 0 Å². The largest absolute Gasteiger partial charge is 0.319 e. The third-order valence-electron chi connectivity index (χ3n) is 4.66. The standard InChI is InChI=1S/C19H24N2O/c1-15(18-8-9-18)21(13-16-6-4-3-5-7-16)14-17-10-11-20(2)19(22)12-17/h3-7,10-12,15,18H,8-9,13-14H2,1-2H3. The van der Waals surface area contributed by atoms with Crippen molar-refractivity contribution in [2.45, 2.75) is 38.9 Å². The fourth-order valence-corrected chi connectivity index (χ4v) is 2.96. The van der Waals surface area contributed by atoms with Crippen molar-refractivity contribution in [3.8, 4) is 0 Å². The van der Waals surface area contributed by atoms with E-state index in [1.165, 1.54) is 18.4 Å². The first-order chi connectivity index (χ1) is 10.6. The van der Waals surface area contributed by atoms with E-state index < -0.39 is 0 Å². The molecule has 2 aromatic rings. The van der Waals surface area contributed by atoms with E-state index in [-0.39, 0.29) is 5.56 Å². The Bertz CT molecular complexity index is 673. The summed E-state index contributed by atoms with van der Waals surface area (Å²) in [6.45, 7) is 4.10. The molecular formula is C19H24N2O. The van der Waals surface area contributed by atoms with Crippen LogP contribution in [-0.4, -0.2) is 15.5 Å². The zero-order chi connectivity index (χ0) is 15.5. The molecule has 22 heavy (non-hydrogen) atoms. The molecule has 0 N–H and O–H groups in total. The minimum absolute atomic E-state index is 0.0660. The van der Waals surface area contributed by atoms with Crippen LogP contribution < -0.4 is 5.56 Å². The van der Waals surface area contributed by atoms with Crippen molar-refractivity contribution in [3.63, 3.8) is 0 Å². The summed E-state index contributed by atoms with van der Waals surface area (Å²) in [5.41, 5.74) is 2.50. The molecule has 1 aromatic carbocycles. The molecule has 0 radical (unpaired) electrons. The molecule has 0 amide bonds. The number of aromatic nitrogens is 1. The molecule has 1 heterocycles. The van der Waals surface area contributed by atoms with Crippen molar-refractivity contribution in [2.24, 2.45) is 13.0 Å². The second-order valence-corrected chi connectivity index (χ2v) is 6.45. The van der Waals surface area contributed by atoms with Gasteiger partial charge in [0.2, 0.25) is 0 Å². The second-order valence-electron chi connectivity index (χ2n) is 6.45. The molecule has 3 heteroatoms. The highest BCUT2D eigenvalue weighted by atomic mass is 16.1. The van der Waals surface area contributed by atoms with Gasteiger partial charge in [0, 0.05) is 38.4 Å². The van der Waals surface area contributed by atoms with Crippen LogP contribution in [0.3, 0.4) is 0 Å². The zero-order valence-corrected chi connectivity index (χ0v) is 13.4. The fourth-order valence-electron chi connectivity index (χ4n) is 2.96. The van der Waals surface area contributed by atoms with Gasteiger partial charge >= 0.3 is 0 Å². The van der Waals surface area contributed by atoms with Gasteiger partial charge < -0.3 is 4.57 Å². The van der Waals surface area contributed by atoms with Gasteiger partial charge in [0.25, 0.3) is 5.56 Å². The molecule has 3 rings (SSSR count). The van der Waals surface area contributed by atoms with Gasteiger partial charge in [-0.15, -0.1) is 0 Å². The van der Waals surface area contributed by atoms with E-state index in [0.29, 0.717) is 6.04 Å². The third-order valence-corrected chi connectivity index (χ3v) is 4.66. The van der Waals surface area contributed by atoms with Crippen LogP contribution in [0.15, 0.2) is 53.5 Å². The average molecular weight is 296 g/mol. The Morgan fingerprint density at radius 3 is 2.45 bits per heavy atom. The first kappa shape index (κ1) is 15.0. The van der Waals surface area contributed by atoms with Crippen molar-refractivity contribution < 1.29 is 0 Å². The molecule has 1 aliphatic rings. The van der Waals surface area contributed by atoms with Gasteiger partial charge in [-0.2, -0.15) is 0 Å². The third kappa shape index (κ3) is 3.66. The Morgan fingerprint density at radius 2 is 1.82 bits per heavy atom. The predicted molar refractivity (Wildman–Crippen MR) is 89.6 cm³/mol. The molecule has 1 aliphatic carbocycles. The zero-order valence-electron chi connectivity index (χ0n) is 13.4. The molecule has 1 fully saturated rings. The van der Waals surface area contributed by atoms with E-state index in [1.54, 1.807) is 17.7 Å². The summed E-state index contributed by atoms with van der Waals surface area (Å²) in [6, 6.07) is 15.0. The molecule has 116 valence electrons. The summed E-state index contributed by atoms with van der Waals surface area (Å²) in [4.78, 5) is 14.3. The molecule has 0 spiro atoms. The smallest absolute Gasteiger partial charge is 0.250 e. The summed E-state index contributed by atoms with van der Waals surface area (Å²) >= 11 is 0. The highest BCUT2D eigenvalue weighted by molar-refractivity contribution is 5.16. The van der Waals surface area contributed by atoms with E-state index in [1.807, 2.05) is 6.20 Å². The summed E-state index contributed by atoms with van der Waals surface area (Å²) in [5.74, 6) is 0.815. The molecule has 1 unspecified atom stereocenters. The van der Waals surface area contributed by atoms with E-state index in [2.05, 4.69) is 48.2 Å². The number of nitrogens with zero attached hydrogens (tertiary/aromatic N) is 2. The molecule has 1 atom stereocenters. The Kier molecular flexibility index (Phi) is 4.44. The van der Waals surface area contributed by atoms with Crippen LogP contribution in [0.4, 0.5) is 0 Å². The Labute approximate surface area is 132 Å². The highest BCUT2D eigenvalue weighted by Gasteiger charge is 2.32. The molecule has 1 aromatic heterocycles. The number of hydrogen-bond acceptors (Lipinski definition) is 2. The summed E-state index contributed by atoms with van der Waals surface area (Å²) < 4.78 is 1.62. The molecule has 0 saturated heterocycles. The first-order valence-electron chi connectivity index (χ1n) is 8.07. The number of rotatable bonds is 6. The lowest BCUT2D eigenvalue weighted by atomic mass is 10.1. The van der Waals surface area contributed by atoms with Crippen LogP contribution in [0, 0.1) is 5.92 Å². The fraction of sp³-hybridized carbons (Fsp3) is 0.421. The van der Waals surface area contributed by atoms with Crippen LogP contribution in [-0.2, 0) is 20.1 Å². The predicted octanol–water partition coefficient (Wildman–Crippen LogP) is 3.19. The van der Waals surface area contributed by atoms with Crippen molar-refractivity contribution in [1.82, 2.24) is 9.47 Å². The maximum Gasteiger partial charge on any atom is 0.250 e. The van der Waals surface area contributed by atoms with Crippen LogP contribution in [0.25, 0.3) is 0 Å². The number of aryl methyl sites for hydroxylation is 1. The van der Waals surface area contributed by atoms with Gasteiger partial charge in [-0.1, -0.05) is 30.3 Å². The van der Waals surface area contributed by atoms with E-state index in [0.717, 1.165) is 24.6 Å². The summed E-state index contributed by atoms with van der Waals surface area (Å²) in [6.07, 6.45) is 4.53. The van der Waals surface area contributed by atoms with E-state index in [9.17, 15) is 4.79 Å². The first-order valence-corrected chi connectivity index (χ1v) is 8.07.